The van der Waals surface area contributed by atoms with Crippen molar-refractivity contribution < 1.29 is 9.59 Å². The van der Waals surface area contributed by atoms with Gasteiger partial charge in [0.1, 0.15) is 6.04 Å². The number of carbonyl (C=O) groups excluding carboxylic acids is 2. The van der Waals surface area contributed by atoms with E-state index in [1.165, 1.54) is 11.8 Å². The van der Waals surface area contributed by atoms with Crippen molar-refractivity contribution >= 4 is 70.0 Å². The Labute approximate surface area is 220 Å². The first-order valence-corrected chi connectivity index (χ1v) is 13.4. The molecule has 2 rings (SSSR count). The van der Waals surface area contributed by atoms with Crippen LogP contribution in [0.25, 0.3) is 0 Å². The van der Waals surface area contributed by atoms with Crippen molar-refractivity contribution in [1.29, 1.82) is 0 Å². The highest BCUT2D eigenvalue weighted by Crippen LogP contribution is 2.29. The third-order valence-electron chi connectivity index (χ3n) is 5.28. The molecule has 0 bridgehead atoms. The monoisotopic (exact) mass is 548 g/mol. The van der Waals surface area contributed by atoms with Crippen LogP contribution < -0.4 is 5.32 Å². The lowest BCUT2D eigenvalue weighted by atomic mass is 10.1. The number of amides is 2. The number of benzene rings is 2. The summed E-state index contributed by atoms with van der Waals surface area (Å²) in [5.74, 6) is 0.306. The zero-order valence-electron chi connectivity index (χ0n) is 18.8. The first-order valence-electron chi connectivity index (χ1n) is 10.7. The maximum atomic E-state index is 13.3. The molecule has 2 atom stereocenters. The second-order valence-corrected chi connectivity index (χ2v) is 10.3. The highest BCUT2D eigenvalue weighted by Gasteiger charge is 2.29. The zero-order chi connectivity index (χ0) is 24.5. The van der Waals surface area contributed by atoms with Crippen molar-refractivity contribution in [3.63, 3.8) is 0 Å². The molecule has 0 aliphatic rings. The molecule has 180 valence electrons. The van der Waals surface area contributed by atoms with E-state index in [-0.39, 0.29) is 30.2 Å². The van der Waals surface area contributed by atoms with E-state index in [4.69, 9.17) is 46.4 Å². The van der Waals surface area contributed by atoms with Crippen LogP contribution in [0.4, 0.5) is 0 Å². The first-order chi connectivity index (χ1) is 15.7. The van der Waals surface area contributed by atoms with Crippen molar-refractivity contribution in [2.24, 2.45) is 0 Å². The van der Waals surface area contributed by atoms with Crippen molar-refractivity contribution in [3.8, 4) is 0 Å². The van der Waals surface area contributed by atoms with Gasteiger partial charge in [0.2, 0.25) is 11.8 Å². The Kier molecular flexibility index (Phi) is 11.7. The lowest BCUT2D eigenvalue weighted by Crippen LogP contribution is -2.51. The predicted octanol–water partition coefficient (Wildman–Crippen LogP) is 7.26. The number of nitrogens with zero attached hydrogens (tertiary/aromatic N) is 1. The van der Waals surface area contributed by atoms with Gasteiger partial charge in [-0.1, -0.05) is 72.4 Å². The highest BCUT2D eigenvalue weighted by atomic mass is 35.5. The summed E-state index contributed by atoms with van der Waals surface area (Å²) in [6.45, 7) is 6.03. The molecular formula is C24H28Cl4N2O2S. The standard InChI is InChI=1S/C24H28Cl4N2O2S/c1-4-15(3)29-24(32)22(5-2)30(12-16-9-10-17(25)11-21(16)28)23(31)14-33-13-18-19(26)7-6-8-20(18)27/h6-11,15,22H,4-5,12-14H2,1-3H3,(H,29,32)/t15-,22+/m0/s1. The molecule has 2 aromatic carbocycles. The maximum Gasteiger partial charge on any atom is 0.243 e. The van der Waals surface area contributed by atoms with Gasteiger partial charge >= 0.3 is 0 Å². The summed E-state index contributed by atoms with van der Waals surface area (Å²) < 4.78 is 0. The fraction of sp³-hybridized carbons (Fsp3) is 0.417. The van der Waals surface area contributed by atoms with E-state index in [1.54, 1.807) is 41.3 Å². The molecule has 0 aliphatic heterocycles. The normalized spacial score (nSPS) is 12.8. The zero-order valence-corrected chi connectivity index (χ0v) is 22.7. The van der Waals surface area contributed by atoms with Gasteiger partial charge in [-0.05, 0) is 55.2 Å². The number of thioether (sulfide) groups is 1. The Hall–Kier alpha value is -1.11. The van der Waals surface area contributed by atoms with Crippen LogP contribution in [-0.2, 0) is 21.9 Å². The van der Waals surface area contributed by atoms with E-state index in [2.05, 4.69) is 5.32 Å². The highest BCUT2D eigenvalue weighted by molar-refractivity contribution is 7.99. The molecule has 2 aromatic rings. The van der Waals surface area contributed by atoms with Gasteiger partial charge in [0.25, 0.3) is 0 Å². The fourth-order valence-corrected chi connectivity index (χ4v) is 5.30. The second kappa shape index (κ2) is 13.7. The summed E-state index contributed by atoms with van der Waals surface area (Å²) in [5, 5.41) is 5.08. The van der Waals surface area contributed by atoms with Crippen LogP contribution in [0.1, 0.15) is 44.7 Å². The Morgan fingerprint density at radius 3 is 2.24 bits per heavy atom. The number of halogens is 4. The van der Waals surface area contributed by atoms with Crippen molar-refractivity contribution in [2.75, 3.05) is 5.75 Å². The van der Waals surface area contributed by atoms with Crippen LogP contribution in [0.5, 0.6) is 0 Å². The average molecular weight is 550 g/mol. The molecule has 0 radical (unpaired) electrons. The third-order valence-corrected chi connectivity index (χ3v) is 7.52. The van der Waals surface area contributed by atoms with Crippen molar-refractivity contribution in [1.82, 2.24) is 10.2 Å². The molecule has 0 fully saturated rings. The van der Waals surface area contributed by atoms with Crippen molar-refractivity contribution in [2.45, 2.75) is 58.0 Å². The van der Waals surface area contributed by atoms with Gasteiger partial charge in [-0.15, -0.1) is 11.8 Å². The fourth-order valence-electron chi connectivity index (χ4n) is 3.19. The van der Waals surface area contributed by atoms with E-state index in [0.717, 1.165) is 17.5 Å². The van der Waals surface area contributed by atoms with Crippen LogP contribution in [0.2, 0.25) is 20.1 Å². The number of rotatable bonds is 11. The number of nitrogens with one attached hydrogen (secondary N) is 1. The molecule has 4 nitrogen and oxygen atoms in total. The summed E-state index contributed by atoms with van der Waals surface area (Å²) in [6.07, 6.45) is 1.27. The minimum atomic E-state index is -0.622. The topological polar surface area (TPSA) is 49.4 Å². The molecular weight excluding hydrogens is 522 g/mol. The Bertz CT molecular complexity index is 953. The maximum absolute atomic E-state index is 13.3. The molecule has 9 heteroatoms. The largest absolute Gasteiger partial charge is 0.352 e. The molecule has 0 saturated carbocycles. The summed E-state index contributed by atoms with van der Waals surface area (Å²) in [4.78, 5) is 27.9. The molecule has 0 aliphatic carbocycles. The van der Waals surface area contributed by atoms with Gasteiger partial charge < -0.3 is 10.2 Å². The average Bonchev–Trinajstić information content (AvgIpc) is 2.76. The van der Waals surface area contributed by atoms with E-state index >= 15 is 0 Å². The van der Waals surface area contributed by atoms with E-state index in [0.29, 0.717) is 32.3 Å². The Morgan fingerprint density at radius 1 is 1.00 bits per heavy atom. The molecule has 33 heavy (non-hydrogen) atoms. The number of carbonyl (C=O) groups is 2. The van der Waals surface area contributed by atoms with Gasteiger partial charge in [-0.3, -0.25) is 9.59 Å². The van der Waals surface area contributed by atoms with Crippen LogP contribution >= 0.6 is 58.2 Å². The van der Waals surface area contributed by atoms with Gasteiger partial charge in [0.15, 0.2) is 0 Å². The Balaban J connectivity index is 2.22. The molecule has 2 amide bonds. The quantitative estimate of drug-likeness (QED) is 0.321. The van der Waals surface area contributed by atoms with Gasteiger partial charge in [0, 0.05) is 38.4 Å². The van der Waals surface area contributed by atoms with E-state index in [9.17, 15) is 9.59 Å². The van der Waals surface area contributed by atoms with Crippen LogP contribution in [0, 0.1) is 0 Å². The summed E-state index contributed by atoms with van der Waals surface area (Å²) in [6, 6.07) is 9.85. The minimum absolute atomic E-state index is 0.0133. The second-order valence-electron chi connectivity index (χ2n) is 7.69. The lowest BCUT2D eigenvalue weighted by molar-refractivity contribution is -0.139. The minimum Gasteiger partial charge on any atom is -0.352 e. The summed E-state index contributed by atoms with van der Waals surface area (Å²) >= 11 is 26.3. The van der Waals surface area contributed by atoms with Crippen LogP contribution in [0.15, 0.2) is 36.4 Å². The van der Waals surface area contributed by atoms with E-state index in [1.807, 2.05) is 20.8 Å². The SMILES string of the molecule is CC[C@H](C(=O)N[C@@H](C)CC)N(Cc1ccc(Cl)cc1Cl)C(=O)CSCc1c(Cl)cccc1Cl. The summed E-state index contributed by atoms with van der Waals surface area (Å²) in [5.41, 5.74) is 1.51. The molecule has 1 N–H and O–H groups in total. The number of hydrogen-bond acceptors (Lipinski definition) is 3. The summed E-state index contributed by atoms with van der Waals surface area (Å²) in [7, 11) is 0. The van der Waals surface area contributed by atoms with Crippen LogP contribution in [-0.4, -0.2) is 34.6 Å². The van der Waals surface area contributed by atoms with Gasteiger partial charge in [-0.25, -0.2) is 0 Å². The molecule has 0 saturated heterocycles. The van der Waals surface area contributed by atoms with Gasteiger partial charge in [-0.2, -0.15) is 0 Å². The molecule has 0 unspecified atom stereocenters. The Morgan fingerprint density at radius 2 is 1.67 bits per heavy atom. The predicted molar refractivity (Wildman–Crippen MR) is 142 cm³/mol. The first kappa shape index (κ1) is 28.1. The smallest absolute Gasteiger partial charge is 0.243 e. The van der Waals surface area contributed by atoms with Crippen LogP contribution in [0.3, 0.4) is 0 Å². The van der Waals surface area contributed by atoms with Crippen molar-refractivity contribution in [3.05, 3.63) is 67.6 Å². The van der Waals surface area contributed by atoms with Gasteiger partial charge in [0.05, 0.1) is 5.75 Å². The van der Waals surface area contributed by atoms with E-state index < -0.39 is 6.04 Å². The lowest BCUT2D eigenvalue weighted by Gasteiger charge is -2.31. The molecule has 0 spiro atoms. The molecule has 0 aromatic heterocycles. The third kappa shape index (κ3) is 8.25. The molecule has 0 heterocycles. The number of hydrogen-bond donors (Lipinski definition) is 1.